The number of amides is 1. The van der Waals surface area contributed by atoms with Crippen molar-refractivity contribution in [3.05, 3.63) is 0 Å². The van der Waals surface area contributed by atoms with Crippen LogP contribution in [0.5, 0.6) is 0 Å². The third kappa shape index (κ3) is 3.95. The first kappa shape index (κ1) is 15.4. The van der Waals surface area contributed by atoms with Crippen LogP contribution in [-0.4, -0.2) is 42.0 Å². The summed E-state index contributed by atoms with van der Waals surface area (Å²) < 4.78 is 0. The van der Waals surface area contributed by atoms with Crippen LogP contribution in [0.4, 0.5) is 0 Å². The van der Waals surface area contributed by atoms with E-state index in [2.05, 4.69) is 17.1 Å². The van der Waals surface area contributed by atoms with Gasteiger partial charge < -0.3 is 16.0 Å². The number of carbonyl (C=O) groups is 1. The fraction of sp³-hybridized carbons (Fsp3) is 0.929. The van der Waals surface area contributed by atoms with E-state index in [-0.39, 0.29) is 5.91 Å². The van der Waals surface area contributed by atoms with Gasteiger partial charge in [-0.05, 0) is 38.6 Å². The Kier molecular flexibility index (Phi) is 6.09. The molecule has 0 atom stereocenters. The minimum atomic E-state index is -0.680. The van der Waals surface area contributed by atoms with Crippen LogP contribution >= 0.6 is 0 Å². The van der Waals surface area contributed by atoms with Crippen molar-refractivity contribution in [3.8, 4) is 0 Å². The molecule has 0 saturated carbocycles. The van der Waals surface area contributed by atoms with Crippen molar-refractivity contribution < 1.29 is 4.79 Å². The normalized spacial score (nSPS) is 18.9. The van der Waals surface area contributed by atoms with Crippen LogP contribution in [0.15, 0.2) is 0 Å². The minimum Gasteiger partial charge on any atom is -0.352 e. The maximum absolute atomic E-state index is 12.2. The van der Waals surface area contributed by atoms with Crippen molar-refractivity contribution in [3.63, 3.8) is 0 Å². The largest absolute Gasteiger partial charge is 0.352 e. The summed E-state index contributed by atoms with van der Waals surface area (Å²) in [4.78, 5) is 14.6. The second-order valence-electron chi connectivity index (χ2n) is 5.45. The van der Waals surface area contributed by atoms with E-state index in [0.29, 0.717) is 18.9 Å². The Morgan fingerprint density at radius 1 is 1.28 bits per heavy atom. The van der Waals surface area contributed by atoms with Crippen LogP contribution in [0.25, 0.3) is 0 Å². The lowest BCUT2D eigenvalue weighted by Gasteiger charge is -2.34. The van der Waals surface area contributed by atoms with E-state index in [1.807, 2.05) is 13.8 Å². The second kappa shape index (κ2) is 7.10. The molecule has 1 aliphatic heterocycles. The van der Waals surface area contributed by atoms with E-state index in [1.165, 1.54) is 13.0 Å². The SMILES string of the molecule is CCCN1CCC(NC(=O)C(N)(CC)CC)CC1. The summed E-state index contributed by atoms with van der Waals surface area (Å²) in [5, 5.41) is 3.13. The Hall–Kier alpha value is -0.610. The quantitative estimate of drug-likeness (QED) is 0.756. The van der Waals surface area contributed by atoms with Crippen LogP contribution in [0.3, 0.4) is 0 Å². The third-order valence-electron chi connectivity index (χ3n) is 4.18. The Bertz CT molecular complexity index is 256. The summed E-state index contributed by atoms with van der Waals surface area (Å²) in [5.41, 5.74) is 5.43. The number of nitrogens with one attached hydrogen (secondary N) is 1. The van der Waals surface area contributed by atoms with Gasteiger partial charge in [0.25, 0.3) is 0 Å². The van der Waals surface area contributed by atoms with Gasteiger partial charge in [-0.1, -0.05) is 20.8 Å². The molecule has 0 bridgehead atoms. The van der Waals surface area contributed by atoms with Gasteiger partial charge in [0.1, 0.15) is 0 Å². The molecular formula is C14H29N3O. The zero-order valence-electron chi connectivity index (χ0n) is 12.2. The Morgan fingerprint density at radius 3 is 2.28 bits per heavy atom. The first-order valence-corrected chi connectivity index (χ1v) is 7.38. The standard InChI is InChI=1S/C14H29N3O/c1-4-9-17-10-7-12(8-11-17)16-13(18)14(15,5-2)6-3/h12H,4-11,15H2,1-3H3,(H,16,18). The van der Waals surface area contributed by atoms with E-state index in [1.54, 1.807) is 0 Å². The number of piperidine rings is 1. The zero-order valence-corrected chi connectivity index (χ0v) is 12.2. The fourth-order valence-corrected chi connectivity index (χ4v) is 2.52. The molecular weight excluding hydrogens is 226 g/mol. The molecule has 1 aliphatic rings. The molecule has 1 heterocycles. The maximum Gasteiger partial charge on any atom is 0.240 e. The highest BCUT2D eigenvalue weighted by Crippen LogP contribution is 2.15. The number of likely N-dealkylation sites (tertiary alicyclic amines) is 1. The van der Waals surface area contributed by atoms with Crippen molar-refractivity contribution in [2.24, 2.45) is 5.73 Å². The molecule has 4 heteroatoms. The first-order valence-electron chi connectivity index (χ1n) is 7.38. The monoisotopic (exact) mass is 255 g/mol. The van der Waals surface area contributed by atoms with Crippen molar-refractivity contribution in [2.45, 2.75) is 64.5 Å². The van der Waals surface area contributed by atoms with Gasteiger partial charge in [-0.2, -0.15) is 0 Å². The Morgan fingerprint density at radius 2 is 1.83 bits per heavy atom. The molecule has 0 spiro atoms. The lowest BCUT2D eigenvalue weighted by molar-refractivity contribution is -0.127. The van der Waals surface area contributed by atoms with Gasteiger partial charge in [-0.25, -0.2) is 0 Å². The third-order valence-corrected chi connectivity index (χ3v) is 4.18. The van der Waals surface area contributed by atoms with Crippen LogP contribution in [0.1, 0.15) is 52.9 Å². The summed E-state index contributed by atoms with van der Waals surface area (Å²) in [6.07, 6.45) is 4.70. The smallest absolute Gasteiger partial charge is 0.240 e. The van der Waals surface area contributed by atoms with Crippen LogP contribution in [-0.2, 0) is 4.79 Å². The second-order valence-corrected chi connectivity index (χ2v) is 5.45. The van der Waals surface area contributed by atoms with Gasteiger partial charge in [0.2, 0.25) is 5.91 Å². The van der Waals surface area contributed by atoms with Gasteiger partial charge in [-0.15, -0.1) is 0 Å². The summed E-state index contributed by atoms with van der Waals surface area (Å²) in [7, 11) is 0. The molecule has 1 fully saturated rings. The molecule has 0 radical (unpaired) electrons. The summed E-state index contributed by atoms with van der Waals surface area (Å²) >= 11 is 0. The molecule has 18 heavy (non-hydrogen) atoms. The summed E-state index contributed by atoms with van der Waals surface area (Å²) in [6.45, 7) is 9.52. The highest BCUT2D eigenvalue weighted by atomic mass is 16.2. The predicted octanol–water partition coefficient (Wildman–Crippen LogP) is 1.49. The molecule has 1 amide bonds. The van der Waals surface area contributed by atoms with Gasteiger partial charge in [0.05, 0.1) is 5.54 Å². The van der Waals surface area contributed by atoms with Crippen LogP contribution < -0.4 is 11.1 Å². The maximum atomic E-state index is 12.2. The van der Waals surface area contributed by atoms with Crippen molar-refractivity contribution >= 4 is 5.91 Å². The summed E-state index contributed by atoms with van der Waals surface area (Å²) in [6, 6.07) is 0.312. The van der Waals surface area contributed by atoms with E-state index in [0.717, 1.165) is 25.9 Å². The lowest BCUT2D eigenvalue weighted by atomic mass is 9.92. The van der Waals surface area contributed by atoms with E-state index >= 15 is 0 Å². The average molecular weight is 255 g/mol. The van der Waals surface area contributed by atoms with Gasteiger partial charge in [-0.3, -0.25) is 4.79 Å². The number of nitrogens with two attached hydrogens (primary N) is 1. The highest BCUT2D eigenvalue weighted by Gasteiger charge is 2.32. The predicted molar refractivity (Wildman–Crippen MR) is 75.4 cm³/mol. The summed E-state index contributed by atoms with van der Waals surface area (Å²) in [5.74, 6) is 0.0291. The van der Waals surface area contributed by atoms with Gasteiger partial charge in [0, 0.05) is 19.1 Å². The lowest BCUT2D eigenvalue weighted by Crippen LogP contribution is -2.57. The zero-order chi connectivity index (χ0) is 13.6. The molecule has 106 valence electrons. The topological polar surface area (TPSA) is 58.4 Å². The molecule has 0 unspecified atom stereocenters. The Balaban J connectivity index is 2.39. The van der Waals surface area contributed by atoms with Gasteiger partial charge in [0.15, 0.2) is 0 Å². The van der Waals surface area contributed by atoms with Crippen molar-refractivity contribution in [1.29, 1.82) is 0 Å². The van der Waals surface area contributed by atoms with Crippen LogP contribution in [0.2, 0.25) is 0 Å². The molecule has 0 aromatic rings. The molecule has 0 aromatic carbocycles. The highest BCUT2D eigenvalue weighted by molar-refractivity contribution is 5.86. The van der Waals surface area contributed by atoms with Crippen molar-refractivity contribution in [2.75, 3.05) is 19.6 Å². The number of rotatable bonds is 6. The molecule has 3 N–H and O–H groups in total. The number of carbonyl (C=O) groups excluding carboxylic acids is 1. The first-order chi connectivity index (χ1) is 8.55. The number of hydrogen-bond donors (Lipinski definition) is 2. The molecule has 0 aromatic heterocycles. The molecule has 1 saturated heterocycles. The minimum absolute atomic E-state index is 0.0291. The van der Waals surface area contributed by atoms with E-state index in [4.69, 9.17) is 5.73 Å². The average Bonchev–Trinajstić information content (AvgIpc) is 2.40. The molecule has 4 nitrogen and oxygen atoms in total. The Labute approximate surface area is 111 Å². The van der Waals surface area contributed by atoms with Crippen molar-refractivity contribution in [1.82, 2.24) is 10.2 Å². The fourth-order valence-electron chi connectivity index (χ4n) is 2.52. The van der Waals surface area contributed by atoms with E-state index in [9.17, 15) is 4.79 Å². The van der Waals surface area contributed by atoms with Crippen LogP contribution in [0, 0.1) is 0 Å². The van der Waals surface area contributed by atoms with Gasteiger partial charge >= 0.3 is 0 Å². The number of nitrogens with zero attached hydrogens (tertiary/aromatic N) is 1. The molecule has 1 rings (SSSR count). The molecule has 0 aliphatic carbocycles. The van der Waals surface area contributed by atoms with E-state index < -0.39 is 5.54 Å². The number of hydrogen-bond acceptors (Lipinski definition) is 3.